The molecule has 1 atom stereocenters. The maximum absolute atomic E-state index is 13.5. The number of sulfonamides is 1. The van der Waals surface area contributed by atoms with Gasteiger partial charge in [0, 0.05) is 18.9 Å². The van der Waals surface area contributed by atoms with Crippen molar-refractivity contribution in [2.45, 2.75) is 23.8 Å². The first-order valence-electron chi connectivity index (χ1n) is 7.84. The molecule has 8 nitrogen and oxygen atoms in total. The van der Waals surface area contributed by atoms with Crippen LogP contribution in [0.25, 0.3) is 0 Å². The summed E-state index contributed by atoms with van der Waals surface area (Å²) in [5, 5.41) is 8.99. The second-order valence-electron chi connectivity index (χ2n) is 5.72. The zero-order valence-electron chi connectivity index (χ0n) is 13.6. The first-order chi connectivity index (χ1) is 12.4. The first kappa shape index (κ1) is 18.2. The van der Waals surface area contributed by atoms with Gasteiger partial charge in [-0.3, -0.25) is 0 Å². The molecule has 3 rings (SSSR count). The lowest BCUT2D eigenvalue weighted by Crippen LogP contribution is -2.44. The molecule has 26 heavy (non-hydrogen) atoms. The normalized spacial score (nSPS) is 18.4. The summed E-state index contributed by atoms with van der Waals surface area (Å²) in [6.07, 6.45) is 3.80. The number of carboxylic acids is 1. The fourth-order valence-corrected chi connectivity index (χ4v) is 4.23. The molecule has 0 saturated carbocycles. The number of piperidine rings is 1. The molecule has 2 heterocycles. The van der Waals surface area contributed by atoms with E-state index in [1.807, 2.05) is 0 Å². The van der Waals surface area contributed by atoms with E-state index in [4.69, 9.17) is 9.84 Å². The molecule has 1 unspecified atom stereocenters. The topological polar surface area (TPSA) is 110 Å². The Morgan fingerprint density at radius 1 is 1.31 bits per heavy atom. The van der Waals surface area contributed by atoms with Gasteiger partial charge >= 0.3 is 12.0 Å². The van der Waals surface area contributed by atoms with E-state index in [0.29, 0.717) is 12.8 Å². The Balaban J connectivity index is 1.81. The van der Waals surface area contributed by atoms with Crippen LogP contribution >= 0.6 is 0 Å². The van der Waals surface area contributed by atoms with Crippen LogP contribution in [0.15, 0.2) is 41.6 Å². The lowest BCUT2D eigenvalue weighted by atomic mass is 10.1. The quantitative estimate of drug-likeness (QED) is 0.837. The Morgan fingerprint density at radius 2 is 2.04 bits per heavy atom. The number of halogens is 1. The van der Waals surface area contributed by atoms with Gasteiger partial charge in [-0.25, -0.2) is 27.6 Å². The molecule has 1 fully saturated rings. The average Bonchev–Trinajstić information content (AvgIpc) is 2.63. The molecule has 0 aliphatic carbocycles. The molecule has 138 valence electrons. The molecule has 1 aliphatic heterocycles. The van der Waals surface area contributed by atoms with Crippen molar-refractivity contribution in [3.8, 4) is 6.01 Å². The molecule has 10 heteroatoms. The molecule has 1 N–H and O–H groups in total. The van der Waals surface area contributed by atoms with E-state index < -0.39 is 33.5 Å². The maximum Gasteiger partial charge on any atom is 0.338 e. The van der Waals surface area contributed by atoms with Crippen LogP contribution in [0.1, 0.15) is 23.2 Å². The van der Waals surface area contributed by atoms with Crippen LogP contribution in [-0.2, 0) is 10.0 Å². The van der Waals surface area contributed by atoms with Crippen molar-refractivity contribution >= 4 is 16.0 Å². The molecule has 0 bridgehead atoms. The highest BCUT2D eigenvalue weighted by molar-refractivity contribution is 7.89. The Morgan fingerprint density at radius 3 is 2.73 bits per heavy atom. The highest BCUT2D eigenvalue weighted by Gasteiger charge is 2.32. The Hall–Kier alpha value is -2.59. The van der Waals surface area contributed by atoms with Crippen LogP contribution in [0.5, 0.6) is 6.01 Å². The van der Waals surface area contributed by atoms with Crippen molar-refractivity contribution in [3.63, 3.8) is 0 Å². The minimum absolute atomic E-state index is 0.0698. The number of rotatable bonds is 5. The zero-order valence-corrected chi connectivity index (χ0v) is 14.4. The largest absolute Gasteiger partial charge is 0.478 e. The lowest BCUT2D eigenvalue weighted by molar-refractivity contribution is 0.0691. The minimum Gasteiger partial charge on any atom is -0.478 e. The van der Waals surface area contributed by atoms with Crippen LogP contribution < -0.4 is 4.74 Å². The third-order valence-electron chi connectivity index (χ3n) is 3.96. The van der Waals surface area contributed by atoms with Crippen LogP contribution in [-0.4, -0.2) is 53.0 Å². The number of aromatic carboxylic acids is 1. The highest BCUT2D eigenvalue weighted by Crippen LogP contribution is 2.24. The van der Waals surface area contributed by atoms with Crippen molar-refractivity contribution in [1.29, 1.82) is 0 Å². The summed E-state index contributed by atoms with van der Waals surface area (Å²) in [6.45, 7) is 0.331. The lowest BCUT2D eigenvalue weighted by Gasteiger charge is -2.31. The van der Waals surface area contributed by atoms with E-state index in [-0.39, 0.29) is 24.0 Å². The number of benzene rings is 1. The summed E-state index contributed by atoms with van der Waals surface area (Å²) in [5.41, 5.74) is -0.687. The van der Waals surface area contributed by atoms with E-state index >= 15 is 0 Å². The number of aromatic nitrogens is 2. The zero-order chi connectivity index (χ0) is 18.7. The van der Waals surface area contributed by atoms with Gasteiger partial charge in [0.15, 0.2) is 0 Å². The summed E-state index contributed by atoms with van der Waals surface area (Å²) < 4.78 is 45.9. The monoisotopic (exact) mass is 381 g/mol. The van der Waals surface area contributed by atoms with Crippen molar-refractivity contribution in [3.05, 3.63) is 48.0 Å². The molecular weight excluding hydrogens is 365 g/mol. The summed E-state index contributed by atoms with van der Waals surface area (Å²) >= 11 is 0. The third-order valence-corrected chi connectivity index (χ3v) is 5.82. The average molecular weight is 381 g/mol. The fraction of sp³-hybridized carbons (Fsp3) is 0.312. The Bertz CT molecular complexity index is 907. The Kier molecular flexibility index (Phi) is 5.14. The van der Waals surface area contributed by atoms with Crippen LogP contribution in [0.3, 0.4) is 0 Å². The van der Waals surface area contributed by atoms with E-state index in [2.05, 4.69) is 9.97 Å². The van der Waals surface area contributed by atoms with Gasteiger partial charge in [0.25, 0.3) is 0 Å². The number of ether oxygens (including phenoxy) is 1. The molecule has 1 aromatic carbocycles. The number of carboxylic acid groups (broad SMARTS) is 1. The molecular formula is C16H16FN3O5S. The van der Waals surface area contributed by atoms with Gasteiger partial charge in [-0.05, 0) is 37.1 Å². The molecule has 0 radical (unpaired) electrons. The first-order valence-corrected chi connectivity index (χ1v) is 9.28. The molecule has 1 aliphatic rings. The second kappa shape index (κ2) is 7.34. The summed E-state index contributed by atoms with van der Waals surface area (Å²) in [4.78, 5) is 18.7. The smallest absolute Gasteiger partial charge is 0.338 e. The fourth-order valence-electron chi connectivity index (χ4n) is 2.69. The van der Waals surface area contributed by atoms with E-state index in [9.17, 15) is 17.6 Å². The van der Waals surface area contributed by atoms with Gasteiger partial charge in [0.1, 0.15) is 11.9 Å². The molecule has 1 saturated heterocycles. The number of nitrogens with zero attached hydrogens (tertiary/aromatic N) is 3. The predicted molar refractivity (Wildman–Crippen MR) is 87.8 cm³/mol. The van der Waals surface area contributed by atoms with Gasteiger partial charge in [0.05, 0.1) is 17.0 Å². The van der Waals surface area contributed by atoms with E-state index in [1.54, 1.807) is 6.07 Å². The van der Waals surface area contributed by atoms with E-state index in [1.165, 1.54) is 16.7 Å². The third kappa shape index (κ3) is 3.81. The molecule has 0 amide bonds. The number of hydrogen-bond acceptors (Lipinski definition) is 6. The van der Waals surface area contributed by atoms with Gasteiger partial charge in [-0.2, -0.15) is 4.31 Å². The highest BCUT2D eigenvalue weighted by atomic mass is 32.2. The van der Waals surface area contributed by atoms with Crippen molar-refractivity contribution < 1.29 is 27.4 Å². The summed E-state index contributed by atoms with van der Waals surface area (Å²) in [7, 11) is -3.98. The summed E-state index contributed by atoms with van der Waals surface area (Å²) in [6, 6.07) is 4.52. The Labute approximate surface area is 149 Å². The van der Waals surface area contributed by atoms with Gasteiger partial charge < -0.3 is 9.84 Å². The number of carbonyl (C=O) groups is 1. The van der Waals surface area contributed by atoms with Gasteiger partial charge in [-0.15, -0.1) is 0 Å². The maximum atomic E-state index is 13.5. The summed E-state index contributed by atoms with van der Waals surface area (Å²) in [5.74, 6) is -2.52. The molecule has 0 spiro atoms. The van der Waals surface area contributed by atoms with Crippen molar-refractivity contribution in [2.75, 3.05) is 13.1 Å². The molecule has 1 aromatic heterocycles. The van der Waals surface area contributed by atoms with Crippen LogP contribution in [0, 0.1) is 5.82 Å². The minimum atomic E-state index is -3.98. The molecule has 2 aromatic rings. The SMILES string of the molecule is O=C(O)c1cc(S(=O)(=O)N2CCCC(Oc3ncccn3)C2)ccc1F. The predicted octanol–water partition coefficient (Wildman–Crippen LogP) is 1.55. The van der Waals surface area contributed by atoms with Crippen LogP contribution in [0.4, 0.5) is 4.39 Å². The number of hydrogen-bond donors (Lipinski definition) is 1. The second-order valence-corrected chi connectivity index (χ2v) is 7.66. The standard InChI is InChI=1S/C16H16FN3O5S/c17-14-5-4-12(9-13(14)15(21)22)26(23,24)20-8-1-3-11(10-20)25-16-18-6-2-7-19-16/h2,4-7,9,11H,1,3,8,10H2,(H,21,22). The van der Waals surface area contributed by atoms with Gasteiger partial charge in [-0.1, -0.05) is 0 Å². The van der Waals surface area contributed by atoms with Gasteiger partial charge in [0.2, 0.25) is 10.0 Å². The van der Waals surface area contributed by atoms with Crippen LogP contribution in [0.2, 0.25) is 0 Å². The van der Waals surface area contributed by atoms with Crippen molar-refractivity contribution in [1.82, 2.24) is 14.3 Å². The van der Waals surface area contributed by atoms with Crippen molar-refractivity contribution in [2.24, 2.45) is 0 Å². The van der Waals surface area contributed by atoms with E-state index in [0.717, 1.165) is 18.2 Å².